The molecule has 1 heterocycles. The number of hydrogen-bond donors (Lipinski definition) is 0. The van der Waals surface area contributed by atoms with Gasteiger partial charge in [0.1, 0.15) is 0 Å². The smallest absolute Gasteiger partial charge is 1.00 e. The monoisotopic (exact) mass is 606 g/mol. The molecule has 0 spiro atoms. The van der Waals surface area contributed by atoms with E-state index in [9.17, 15) is 0 Å². The van der Waals surface area contributed by atoms with Gasteiger partial charge in [-0.3, -0.25) is 0 Å². The van der Waals surface area contributed by atoms with Crippen LogP contribution in [-0.2, 0) is 32.1 Å². The van der Waals surface area contributed by atoms with Crippen LogP contribution in [0.2, 0.25) is 52.4 Å². The van der Waals surface area contributed by atoms with E-state index in [0.29, 0.717) is 0 Å². The van der Waals surface area contributed by atoms with Gasteiger partial charge in [0.2, 0.25) is 0 Å². The minimum atomic E-state index is -1.60. The molecule has 2 aliphatic carbocycles. The van der Waals surface area contributed by atoms with Gasteiger partial charge in [0, 0.05) is 0 Å². The molecule has 32 heavy (non-hydrogen) atoms. The van der Waals surface area contributed by atoms with Crippen LogP contribution in [0, 0.1) is 0 Å². The summed E-state index contributed by atoms with van der Waals surface area (Å²) in [6, 6.07) is 0. The summed E-state index contributed by atoms with van der Waals surface area (Å²) in [5.41, 5.74) is 3.59. The Bertz CT molecular complexity index is 739. The molecule has 0 fully saturated rings. The van der Waals surface area contributed by atoms with Crippen LogP contribution in [0.3, 0.4) is 0 Å². The van der Waals surface area contributed by atoms with E-state index in [1.54, 1.807) is 21.5 Å². The minimum absolute atomic E-state index is 0. The number of halogens is 2. The molecule has 0 atom stereocenters. The zero-order valence-corrected chi connectivity index (χ0v) is 28.4. The first-order valence-electron chi connectivity index (χ1n) is 11.8. The van der Waals surface area contributed by atoms with Gasteiger partial charge in [-0.15, -0.1) is 0 Å². The zero-order chi connectivity index (χ0) is 22.2. The predicted octanol–water partition coefficient (Wildman–Crippen LogP) is 1.31. The van der Waals surface area contributed by atoms with Crippen LogP contribution >= 0.6 is 0 Å². The fourth-order valence-electron chi connectivity index (χ4n) is 4.90. The molecule has 0 N–H and O–H groups in total. The minimum Gasteiger partial charge on any atom is -1.00 e. The molecule has 0 radical (unpaired) electrons. The second-order valence-electron chi connectivity index (χ2n) is 11.4. The van der Waals surface area contributed by atoms with Crippen LogP contribution in [-0.4, -0.2) is 37.9 Å². The van der Waals surface area contributed by atoms with Crippen molar-refractivity contribution in [2.45, 2.75) is 90.9 Å². The fraction of sp³-hybridized carbons (Fsp3) is 0.667. The maximum absolute atomic E-state index is 6.16. The van der Waals surface area contributed by atoms with Crippen LogP contribution in [0.25, 0.3) is 0 Å². The quantitative estimate of drug-likeness (QED) is 0.275. The van der Waals surface area contributed by atoms with Crippen molar-refractivity contribution >= 4 is 24.7 Å². The molecule has 180 valence electrons. The molecule has 1 aliphatic heterocycles. The fourth-order valence-corrected chi connectivity index (χ4v) is 14.5. The van der Waals surface area contributed by atoms with Gasteiger partial charge in [0.05, 0.1) is 0 Å². The molecule has 0 amide bonds. The van der Waals surface area contributed by atoms with E-state index >= 15 is 0 Å². The van der Waals surface area contributed by atoms with Crippen LogP contribution in [0.4, 0.5) is 0 Å². The average molecular weight is 609 g/mol. The van der Waals surface area contributed by atoms with Crippen LogP contribution in [0.5, 0.6) is 0 Å². The Hall–Kier alpha value is 0.994. The summed E-state index contributed by atoms with van der Waals surface area (Å²) in [5, 5.41) is 3.57. The van der Waals surface area contributed by atoms with Crippen molar-refractivity contribution in [3.63, 3.8) is 0 Å². The maximum atomic E-state index is 6.16. The third-order valence-corrected chi connectivity index (χ3v) is 16.1. The van der Waals surface area contributed by atoms with E-state index in [2.05, 4.69) is 64.5 Å². The molecule has 0 saturated heterocycles. The summed E-state index contributed by atoms with van der Waals surface area (Å²) < 4.78 is 16.1. The first-order valence-corrected chi connectivity index (χ1v) is 24.1. The van der Waals surface area contributed by atoms with Gasteiger partial charge in [-0.25, -0.2) is 0 Å². The third kappa shape index (κ3) is 8.01. The molecule has 3 aliphatic rings. The SMILES string of the molecule is C[Si](C)(C)OCCCC1=[C]2CC=C1[Si](C)(C)C1=CC[C](=C1CCCO[Si](C)(C)C)[Zr+2]2.[Cl-].[Cl-]. The summed E-state index contributed by atoms with van der Waals surface area (Å²) in [5.74, 6) is 0. The molecule has 8 heteroatoms. The normalized spacial score (nSPS) is 19.2. The van der Waals surface area contributed by atoms with Gasteiger partial charge < -0.3 is 24.8 Å². The predicted molar refractivity (Wildman–Crippen MR) is 134 cm³/mol. The van der Waals surface area contributed by atoms with Gasteiger partial charge in [-0.1, -0.05) is 0 Å². The second-order valence-corrected chi connectivity index (χ2v) is 28.4. The molecule has 4 bridgehead atoms. The van der Waals surface area contributed by atoms with Crippen molar-refractivity contribution in [1.29, 1.82) is 0 Å². The topological polar surface area (TPSA) is 18.5 Å². The Morgan fingerprint density at radius 3 is 1.47 bits per heavy atom. The van der Waals surface area contributed by atoms with Gasteiger partial charge in [-0.05, 0) is 0 Å². The Labute approximate surface area is 224 Å². The van der Waals surface area contributed by atoms with E-state index in [1.807, 2.05) is 6.56 Å². The summed E-state index contributed by atoms with van der Waals surface area (Å²) >= 11 is -0.627. The van der Waals surface area contributed by atoms with E-state index in [1.165, 1.54) is 38.5 Å². The molecule has 3 rings (SSSR count). The molecule has 0 aromatic heterocycles. The number of rotatable bonds is 10. The first kappa shape index (κ1) is 31.0. The van der Waals surface area contributed by atoms with Crippen LogP contribution in [0.15, 0.2) is 40.3 Å². The van der Waals surface area contributed by atoms with Crippen molar-refractivity contribution in [2.24, 2.45) is 0 Å². The Balaban J connectivity index is 0.00000256. The van der Waals surface area contributed by atoms with E-state index < -0.39 is 47.9 Å². The van der Waals surface area contributed by atoms with Crippen molar-refractivity contribution in [3.05, 3.63) is 40.3 Å². The second kappa shape index (κ2) is 12.3. The van der Waals surface area contributed by atoms with Crippen molar-refractivity contribution in [1.82, 2.24) is 0 Å². The molecule has 0 unspecified atom stereocenters. The standard InChI is InChI=1S/C24H42O2Si3.2ClH.Zr/c1-27(2,3)25-19-11-15-21-13-9-17-23(21)29(7,8)24-18-10-14-22(24)16-12-20-26-28(4,5)6;;;/h17-18H,9-12,15-16,19-20H2,1-8H3;2*1H;/q;;;+2/p-2. The zero-order valence-electron chi connectivity index (χ0n) is 21.4. The molecular formula is C24H42Cl2O2Si3Zr. The van der Waals surface area contributed by atoms with Crippen LogP contribution < -0.4 is 24.8 Å². The molecule has 0 aromatic rings. The third-order valence-electron chi connectivity index (χ3n) is 6.26. The van der Waals surface area contributed by atoms with Crippen LogP contribution in [0.1, 0.15) is 38.5 Å². The number of hydrogen-bond acceptors (Lipinski definition) is 2. The first-order chi connectivity index (χ1) is 13.9. The largest absolute Gasteiger partial charge is 1.00 e. The van der Waals surface area contributed by atoms with Gasteiger partial charge >= 0.3 is 201 Å². The van der Waals surface area contributed by atoms with E-state index in [0.717, 1.165) is 13.2 Å². The van der Waals surface area contributed by atoms with E-state index in [4.69, 9.17) is 8.85 Å². The number of allylic oxidation sites excluding steroid dienone is 8. The van der Waals surface area contributed by atoms with Gasteiger partial charge in [-0.2, -0.15) is 0 Å². The summed E-state index contributed by atoms with van der Waals surface area (Å²) in [6.07, 6.45) is 12.7. The number of fused-ring (bicyclic) bond motifs is 2. The van der Waals surface area contributed by atoms with E-state index in [-0.39, 0.29) is 24.8 Å². The molecule has 2 nitrogen and oxygen atoms in total. The Kier molecular flexibility index (Phi) is 11.9. The summed E-state index contributed by atoms with van der Waals surface area (Å²) in [4.78, 5) is 0. The Morgan fingerprint density at radius 1 is 0.750 bits per heavy atom. The maximum Gasteiger partial charge on any atom is -1.00 e. The Morgan fingerprint density at radius 2 is 1.12 bits per heavy atom. The summed E-state index contributed by atoms with van der Waals surface area (Å²) in [7, 11) is -4.39. The van der Waals surface area contributed by atoms with Gasteiger partial charge in [0.15, 0.2) is 0 Å². The average Bonchev–Trinajstić information content (AvgIpc) is 3.20. The molecule has 0 aromatic carbocycles. The van der Waals surface area contributed by atoms with Crippen molar-refractivity contribution in [3.8, 4) is 0 Å². The van der Waals surface area contributed by atoms with Crippen molar-refractivity contribution in [2.75, 3.05) is 13.2 Å². The molecular weight excluding hydrogens is 567 g/mol. The van der Waals surface area contributed by atoms with Crippen molar-refractivity contribution < 1.29 is 56.9 Å². The summed E-state index contributed by atoms with van der Waals surface area (Å²) in [6.45, 7) is 20.9. The van der Waals surface area contributed by atoms with Gasteiger partial charge in [0.25, 0.3) is 0 Å². The molecule has 0 saturated carbocycles.